The molecule has 116 valence electrons. The summed E-state index contributed by atoms with van der Waals surface area (Å²) in [5.74, 6) is 2.69. The van der Waals surface area contributed by atoms with Gasteiger partial charge in [0.15, 0.2) is 11.5 Å². The third-order valence-corrected chi connectivity index (χ3v) is 4.84. The van der Waals surface area contributed by atoms with Crippen LogP contribution in [0.4, 0.5) is 0 Å². The summed E-state index contributed by atoms with van der Waals surface area (Å²) in [6.45, 7) is 4.71. The highest BCUT2D eigenvalue weighted by atomic mass is 16.5. The fourth-order valence-electron chi connectivity index (χ4n) is 3.60. The van der Waals surface area contributed by atoms with Crippen molar-refractivity contribution in [2.24, 2.45) is 5.92 Å². The van der Waals surface area contributed by atoms with Crippen LogP contribution in [0, 0.1) is 5.92 Å². The van der Waals surface area contributed by atoms with Crippen molar-refractivity contribution in [1.82, 2.24) is 5.32 Å². The molecule has 2 atom stereocenters. The Labute approximate surface area is 128 Å². The van der Waals surface area contributed by atoms with Crippen molar-refractivity contribution in [3.8, 4) is 11.5 Å². The molecular weight excluding hydrogens is 262 g/mol. The van der Waals surface area contributed by atoms with Gasteiger partial charge in [0.2, 0.25) is 0 Å². The van der Waals surface area contributed by atoms with E-state index in [1.165, 1.54) is 37.7 Å². The van der Waals surface area contributed by atoms with Crippen LogP contribution in [0.25, 0.3) is 0 Å². The van der Waals surface area contributed by atoms with Gasteiger partial charge in [-0.05, 0) is 24.8 Å². The third-order valence-electron chi connectivity index (χ3n) is 4.84. The minimum Gasteiger partial charge on any atom is -0.490 e. The summed E-state index contributed by atoms with van der Waals surface area (Å²) in [5.41, 5.74) is 1.23. The number of hydrogen-bond acceptors (Lipinski definition) is 3. The van der Waals surface area contributed by atoms with Gasteiger partial charge in [0.25, 0.3) is 0 Å². The molecule has 1 aromatic carbocycles. The topological polar surface area (TPSA) is 30.5 Å². The predicted octanol–water partition coefficient (Wildman–Crippen LogP) is 3.91. The Bertz CT molecular complexity index is 461. The summed E-state index contributed by atoms with van der Waals surface area (Å²) in [4.78, 5) is 0. The van der Waals surface area contributed by atoms with Crippen molar-refractivity contribution in [3.05, 3.63) is 23.8 Å². The molecule has 0 bridgehead atoms. The zero-order valence-corrected chi connectivity index (χ0v) is 13.1. The Hall–Kier alpha value is -1.22. The van der Waals surface area contributed by atoms with Gasteiger partial charge in [0, 0.05) is 24.6 Å². The summed E-state index contributed by atoms with van der Waals surface area (Å²) in [7, 11) is 0. The minimum atomic E-state index is 0.659. The second-order valence-electron chi connectivity index (χ2n) is 6.24. The molecule has 1 aliphatic carbocycles. The molecule has 3 heteroatoms. The highest BCUT2D eigenvalue weighted by Crippen LogP contribution is 2.34. The first-order chi connectivity index (χ1) is 10.4. The van der Waals surface area contributed by atoms with Crippen LogP contribution in [-0.2, 0) is 6.54 Å². The maximum absolute atomic E-state index is 5.91. The van der Waals surface area contributed by atoms with Gasteiger partial charge in [-0.1, -0.05) is 38.3 Å². The second-order valence-corrected chi connectivity index (χ2v) is 6.24. The molecule has 1 aromatic rings. The van der Waals surface area contributed by atoms with E-state index in [0.717, 1.165) is 43.6 Å². The molecule has 2 unspecified atom stereocenters. The van der Waals surface area contributed by atoms with E-state index in [1.54, 1.807) is 0 Å². The van der Waals surface area contributed by atoms with Crippen molar-refractivity contribution >= 4 is 0 Å². The van der Waals surface area contributed by atoms with Gasteiger partial charge in [-0.3, -0.25) is 0 Å². The van der Waals surface area contributed by atoms with Crippen LogP contribution in [0.2, 0.25) is 0 Å². The number of hydrogen-bond donors (Lipinski definition) is 1. The molecule has 0 radical (unpaired) electrons. The van der Waals surface area contributed by atoms with Crippen LogP contribution in [0.15, 0.2) is 18.2 Å². The minimum absolute atomic E-state index is 0.659. The van der Waals surface area contributed by atoms with E-state index in [2.05, 4.69) is 24.4 Å². The molecule has 3 rings (SSSR count). The largest absolute Gasteiger partial charge is 0.490 e. The quantitative estimate of drug-likeness (QED) is 0.911. The predicted molar refractivity (Wildman–Crippen MR) is 84.9 cm³/mol. The molecule has 1 fully saturated rings. The number of rotatable bonds is 4. The monoisotopic (exact) mass is 289 g/mol. The fourth-order valence-corrected chi connectivity index (χ4v) is 3.60. The lowest BCUT2D eigenvalue weighted by Gasteiger charge is -2.32. The standard InChI is InChI=1S/C18H27NO2/c1-2-14-7-3-4-9-16(14)19-13-15-8-5-10-17-18(15)21-12-6-11-20-17/h5,8,10,14,16,19H,2-4,6-7,9,11-13H2,1H3. The first-order valence-electron chi connectivity index (χ1n) is 8.49. The average molecular weight is 289 g/mol. The lowest BCUT2D eigenvalue weighted by atomic mass is 9.83. The average Bonchev–Trinajstić information content (AvgIpc) is 2.79. The van der Waals surface area contributed by atoms with Gasteiger partial charge in [-0.2, -0.15) is 0 Å². The van der Waals surface area contributed by atoms with Gasteiger partial charge >= 0.3 is 0 Å². The smallest absolute Gasteiger partial charge is 0.165 e. The van der Waals surface area contributed by atoms with Gasteiger partial charge in [0.1, 0.15) is 0 Å². The van der Waals surface area contributed by atoms with Crippen LogP contribution < -0.4 is 14.8 Å². The number of nitrogens with one attached hydrogen (secondary N) is 1. The Balaban J connectivity index is 1.67. The van der Waals surface area contributed by atoms with Gasteiger partial charge in [-0.15, -0.1) is 0 Å². The molecule has 1 aliphatic heterocycles. The normalized spacial score (nSPS) is 25.4. The van der Waals surface area contributed by atoms with Crippen molar-refractivity contribution in [2.75, 3.05) is 13.2 Å². The number of ether oxygens (including phenoxy) is 2. The summed E-state index contributed by atoms with van der Waals surface area (Å²) in [5, 5.41) is 3.77. The van der Waals surface area contributed by atoms with E-state index in [0.29, 0.717) is 6.04 Å². The van der Waals surface area contributed by atoms with Gasteiger partial charge in [0.05, 0.1) is 13.2 Å². The Kier molecular flexibility index (Phi) is 5.02. The third kappa shape index (κ3) is 3.52. The van der Waals surface area contributed by atoms with Gasteiger partial charge in [-0.25, -0.2) is 0 Å². The first-order valence-corrected chi connectivity index (χ1v) is 8.49. The van der Waals surface area contributed by atoms with Gasteiger partial charge < -0.3 is 14.8 Å². The highest BCUT2D eigenvalue weighted by molar-refractivity contribution is 5.47. The molecule has 21 heavy (non-hydrogen) atoms. The molecular formula is C18H27NO2. The SMILES string of the molecule is CCC1CCCCC1NCc1cccc2c1OCCCO2. The van der Waals surface area contributed by atoms with E-state index in [9.17, 15) is 0 Å². The highest BCUT2D eigenvalue weighted by Gasteiger charge is 2.23. The maximum atomic E-state index is 5.91. The zero-order chi connectivity index (χ0) is 14.5. The summed E-state index contributed by atoms with van der Waals surface area (Å²) >= 11 is 0. The van der Waals surface area contributed by atoms with E-state index in [1.807, 2.05) is 6.07 Å². The molecule has 1 saturated carbocycles. The first kappa shape index (κ1) is 14.7. The lowest BCUT2D eigenvalue weighted by Crippen LogP contribution is -2.37. The number of para-hydroxylation sites is 1. The van der Waals surface area contributed by atoms with Crippen molar-refractivity contribution in [1.29, 1.82) is 0 Å². The van der Waals surface area contributed by atoms with E-state index >= 15 is 0 Å². The molecule has 0 aromatic heterocycles. The molecule has 0 saturated heterocycles. The lowest BCUT2D eigenvalue weighted by molar-refractivity contribution is 0.252. The van der Waals surface area contributed by atoms with Crippen LogP contribution in [0.3, 0.4) is 0 Å². The van der Waals surface area contributed by atoms with Crippen LogP contribution in [0.5, 0.6) is 11.5 Å². The summed E-state index contributed by atoms with van der Waals surface area (Å²) < 4.78 is 11.7. The Morgan fingerprint density at radius 3 is 2.86 bits per heavy atom. The van der Waals surface area contributed by atoms with Crippen molar-refractivity contribution in [2.45, 2.75) is 58.0 Å². The van der Waals surface area contributed by atoms with E-state index in [4.69, 9.17) is 9.47 Å². The van der Waals surface area contributed by atoms with Crippen LogP contribution >= 0.6 is 0 Å². The Morgan fingerprint density at radius 2 is 1.95 bits per heavy atom. The molecule has 1 heterocycles. The number of fused-ring (bicyclic) bond motifs is 1. The summed E-state index contributed by atoms with van der Waals surface area (Å²) in [6.07, 6.45) is 7.69. The fraction of sp³-hybridized carbons (Fsp3) is 0.667. The molecule has 2 aliphatic rings. The van der Waals surface area contributed by atoms with Crippen LogP contribution in [-0.4, -0.2) is 19.3 Å². The molecule has 0 spiro atoms. The summed E-state index contributed by atoms with van der Waals surface area (Å²) in [6, 6.07) is 6.90. The molecule has 0 amide bonds. The Morgan fingerprint density at radius 1 is 1.10 bits per heavy atom. The van der Waals surface area contributed by atoms with E-state index in [-0.39, 0.29) is 0 Å². The molecule has 3 nitrogen and oxygen atoms in total. The molecule has 1 N–H and O–H groups in total. The van der Waals surface area contributed by atoms with E-state index < -0.39 is 0 Å². The van der Waals surface area contributed by atoms with Crippen molar-refractivity contribution in [3.63, 3.8) is 0 Å². The zero-order valence-electron chi connectivity index (χ0n) is 13.1. The maximum Gasteiger partial charge on any atom is 0.165 e. The van der Waals surface area contributed by atoms with Crippen LogP contribution in [0.1, 0.15) is 51.0 Å². The second kappa shape index (κ2) is 7.17. The number of benzene rings is 1. The van der Waals surface area contributed by atoms with Crippen molar-refractivity contribution < 1.29 is 9.47 Å².